The van der Waals surface area contributed by atoms with Gasteiger partial charge in [-0.05, 0) is 37.1 Å². The number of ether oxygens (including phenoxy) is 3. The number of amides is 1. The fraction of sp³-hybridized carbons (Fsp3) is 0.407. The maximum absolute atomic E-state index is 12.5. The second-order valence-electron chi connectivity index (χ2n) is 9.09. The number of carbonyl (C=O) groups is 2. The topological polar surface area (TPSA) is 120 Å². The Balaban J connectivity index is 1.55. The summed E-state index contributed by atoms with van der Waals surface area (Å²) in [6.07, 6.45) is -2.02. The number of aliphatic hydroxyl groups excluding tert-OH is 1. The number of nitrogens with zero attached hydrogens (tertiary/aromatic N) is 2. The van der Waals surface area contributed by atoms with Crippen molar-refractivity contribution >= 4 is 40.7 Å². The predicted octanol–water partition coefficient (Wildman–Crippen LogP) is 4.81. The van der Waals surface area contributed by atoms with Crippen LogP contribution in [0.3, 0.4) is 0 Å². The van der Waals surface area contributed by atoms with Crippen LogP contribution < -0.4 is 5.32 Å². The number of nitrogens with one attached hydrogen (secondary N) is 1. The van der Waals surface area contributed by atoms with Gasteiger partial charge < -0.3 is 24.6 Å². The van der Waals surface area contributed by atoms with Crippen molar-refractivity contribution in [3.63, 3.8) is 0 Å². The Morgan fingerprint density at radius 2 is 1.92 bits per heavy atom. The lowest BCUT2D eigenvalue weighted by molar-refractivity contribution is -0.268. The zero-order valence-electron chi connectivity index (χ0n) is 21.6. The molecule has 0 aliphatic carbocycles. The van der Waals surface area contributed by atoms with Crippen molar-refractivity contribution in [3.8, 4) is 0 Å². The molecule has 1 aliphatic rings. The van der Waals surface area contributed by atoms with Crippen LogP contribution >= 0.6 is 23.1 Å². The normalized spacial score (nSPS) is 22.0. The van der Waals surface area contributed by atoms with Crippen LogP contribution in [0.5, 0.6) is 0 Å². The Morgan fingerprint density at radius 1 is 1.16 bits per heavy atom. The quantitative estimate of drug-likeness (QED) is 0.282. The van der Waals surface area contributed by atoms with Crippen molar-refractivity contribution in [3.05, 3.63) is 70.2 Å². The Kier molecular flexibility index (Phi) is 9.50. The molecule has 0 spiro atoms. The summed E-state index contributed by atoms with van der Waals surface area (Å²) in [7, 11) is 0. The van der Waals surface area contributed by atoms with Crippen molar-refractivity contribution in [1.82, 2.24) is 10.2 Å². The minimum absolute atomic E-state index is 0.0256. The van der Waals surface area contributed by atoms with Crippen LogP contribution in [-0.4, -0.2) is 45.1 Å². The number of esters is 1. The van der Waals surface area contributed by atoms with Gasteiger partial charge in [-0.2, -0.15) is 0 Å². The van der Waals surface area contributed by atoms with Crippen LogP contribution in [-0.2, 0) is 30.4 Å². The number of carbonyl (C=O) groups excluding carboxylic acids is 2. The molecule has 4 rings (SSSR count). The zero-order chi connectivity index (χ0) is 27.2. The number of anilines is 1. The minimum Gasteiger partial charge on any atom is -0.453 e. The third-order valence-electron chi connectivity index (χ3n) is 6.14. The van der Waals surface area contributed by atoms with E-state index in [4.69, 9.17) is 14.2 Å². The number of aromatic nitrogens is 2. The van der Waals surface area contributed by atoms with Crippen LogP contribution in [0.1, 0.15) is 54.9 Å². The lowest BCUT2D eigenvalue weighted by Crippen LogP contribution is -2.38. The van der Waals surface area contributed by atoms with E-state index in [2.05, 4.69) is 22.4 Å². The average Bonchev–Trinajstić information content (AvgIpc) is 3.32. The molecular weight excluding hydrogens is 526 g/mol. The smallest absolute Gasteiger partial charge is 0.303 e. The molecule has 0 saturated carbocycles. The van der Waals surface area contributed by atoms with E-state index in [0.29, 0.717) is 11.4 Å². The number of aryl methyl sites for hydroxylation is 1. The minimum atomic E-state index is -0.921. The van der Waals surface area contributed by atoms with Crippen molar-refractivity contribution < 1.29 is 28.9 Å². The van der Waals surface area contributed by atoms with Gasteiger partial charge in [-0.15, -0.1) is 10.2 Å². The van der Waals surface area contributed by atoms with Gasteiger partial charge in [-0.3, -0.25) is 9.59 Å². The molecule has 1 saturated heterocycles. The van der Waals surface area contributed by atoms with Gasteiger partial charge in [0.1, 0.15) is 5.01 Å². The zero-order valence-corrected chi connectivity index (χ0v) is 23.3. The van der Waals surface area contributed by atoms with Crippen LogP contribution in [0.25, 0.3) is 0 Å². The molecule has 9 nitrogen and oxygen atoms in total. The highest BCUT2D eigenvalue weighted by atomic mass is 32.2. The molecule has 2 aromatic carbocycles. The SMILES string of the molecule is CC(=O)OC(C)C(=O)Nc1cccc(C2OC(CSc3nnc(C)s3)C(C)C(c3ccc(CO)cc3)O2)c1. The molecule has 2 heterocycles. The van der Waals surface area contributed by atoms with Gasteiger partial charge in [-0.25, -0.2) is 0 Å². The summed E-state index contributed by atoms with van der Waals surface area (Å²) < 4.78 is 18.8. The van der Waals surface area contributed by atoms with Gasteiger partial charge in [0.2, 0.25) is 0 Å². The van der Waals surface area contributed by atoms with E-state index in [9.17, 15) is 14.7 Å². The first-order valence-corrected chi connectivity index (χ1v) is 14.0. The molecule has 0 bridgehead atoms. The molecule has 1 amide bonds. The third kappa shape index (κ3) is 7.17. The standard InChI is InChI=1S/C27H31N3O6S2/c1-15-23(14-37-27-30-29-17(3)38-27)35-26(36-24(15)20-10-8-19(13-31)9-11-20)21-6-5-7-22(12-21)28-25(33)16(2)34-18(4)32/h5-12,15-16,23-24,26,31H,13-14H2,1-4H3,(H,28,33). The molecule has 5 unspecified atom stereocenters. The van der Waals surface area contributed by atoms with Crippen LogP contribution in [0.4, 0.5) is 5.69 Å². The lowest BCUT2D eigenvalue weighted by Gasteiger charge is -2.41. The van der Waals surface area contributed by atoms with Gasteiger partial charge in [-0.1, -0.05) is 66.4 Å². The molecule has 5 atom stereocenters. The maximum atomic E-state index is 12.5. The van der Waals surface area contributed by atoms with Gasteiger partial charge in [0.05, 0.1) is 18.8 Å². The Hall–Kier alpha value is -2.83. The van der Waals surface area contributed by atoms with E-state index in [0.717, 1.165) is 26.0 Å². The highest BCUT2D eigenvalue weighted by Crippen LogP contribution is 2.43. The summed E-state index contributed by atoms with van der Waals surface area (Å²) in [6, 6.07) is 15.0. The summed E-state index contributed by atoms with van der Waals surface area (Å²) in [5.41, 5.74) is 3.10. The number of thioether (sulfide) groups is 1. The van der Waals surface area contributed by atoms with Crippen LogP contribution in [0.2, 0.25) is 0 Å². The third-order valence-corrected chi connectivity index (χ3v) is 8.20. The molecule has 202 valence electrons. The van der Waals surface area contributed by atoms with E-state index in [1.54, 1.807) is 35.2 Å². The van der Waals surface area contributed by atoms with Crippen LogP contribution in [0, 0.1) is 12.8 Å². The summed E-state index contributed by atoms with van der Waals surface area (Å²) >= 11 is 3.15. The molecule has 0 radical (unpaired) electrons. The molecule has 1 fully saturated rings. The van der Waals surface area contributed by atoms with Gasteiger partial charge in [0.15, 0.2) is 16.7 Å². The molecule has 38 heavy (non-hydrogen) atoms. The van der Waals surface area contributed by atoms with Gasteiger partial charge >= 0.3 is 5.97 Å². The Labute approximate surface area is 229 Å². The summed E-state index contributed by atoms with van der Waals surface area (Å²) in [5.74, 6) is -0.262. The first-order chi connectivity index (χ1) is 18.2. The van der Waals surface area contributed by atoms with E-state index >= 15 is 0 Å². The molecule has 11 heteroatoms. The summed E-state index contributed by atoms with van der Waals surface area (Å²) in [4.78, 5) is 23.7. The van der Waals surface area contributed by atoms with Crippen molar-refractivity contribution in [2.45, 2.75) is 63.2 Å². The molecule has 3 aromatic rings. The Bertz CT molecular complexity index is 1250. The molecule has 2 N–H and O–H groups in total. The number of hydrogen-bond donors (Lipinski definition) is 2. The highest BCUT2D eigenvalue weighted by Gasteiger charge is 2.38. The lowest BCUT2D eigenvalue weighted by atomic mass is 9.91. The largest absolute Gasteiger partial charge is 0.453 e. The van der Waals surface area contributed by atoms with Gasteiger partial charge in [0.25, 0.3) is 5.91 Å². The average molecular weight is 558 g/mol. The fourth-order valence-electron chi connectivity index (χ4n) is 4.11. The number of hydrogen-bond acceptors (Lipinski definition) is 10. The van der Waals surface area contributed by atoms with E-state index < -0.39 is 24.3 Å². The first-order valence-electron chi connectivity index (χ1n) is 12.2. The monoisotopic (exact) mass is 557 g/mol. The summed E-state index contributed by atoms with van der Waals surface area (Å²) in [6.45, 7) is 6.78. The Morgan fingerprint density at radius 3 is 2.58 bits per heavy atom. The highest BCUT2D eigenvalue weighted by molar-refractivity contribution is 8.01. The fourth-order valence-corrected chi connectivity index (χ4v) is 6.11. The summed E-state index contributed by atoms with van der Waals surface area (Å²) in [5, 5.41) is 21.5. The maximum Gasteiger partial charge on any atom is 0.303 e. The molecule has 1 aromatic heterocycles. The van der Waals surface area contributed by atoms with Crippen molar-refractivity contribution in [1.29, 1.82) is 0 Å². The second kappa shape index (κ2) is 12.8. The number of benzene rings is 2. The molecule has 1 aliphatic heterocycles. The van der Waals surface area contributed by atoms with E-state index in [1.807, 2.05) is 43.3 Å². The van der Waals surface area contributed by atoms with Crippen LogP contribution in [0.15, 0.2) is 52.9 Å². The number of rotatable bonds is 9. The van der Waals surface area contributed by atoms with Crippen molar-refractivity contribution in [2.75, 3.05) is 11.1 Å². The van der Waals surface area contributed by atoms with Crippen molar-refractivity contribution in [2.24, 2.45) is 5.92 Å². The predicted molar refractivity (Wildman–Crippen MR) is 145 cm³/mol. The van der Waals surface area contributed by atoms with E-state index in [-0.39, 0.29) is 24.7 Å². The first kappa shape index (κ1) is 28.2. The van der Waals surface area contributed by atoms with Gasteiger partial charge in [0, 0.05) is 29.8 Å². The van der Waals surface area contributed by atoms with E-state index in [1.165, 1.54) is 13.8 Å². The molecular formula is C27H31N3O6S2. The second-order valence-corrected chi connectivity index (χ2v) is 11.5. The number of aliphatic hydroxyl groups is 1.